The van der Waals surface area contributed by atoms with E-state index >= 15 is 0 Å². The number of imidazole rings is 1. The molecule has 0 saturated carbocycles. The van der Waals surface area contributed by atoms with Crippen molar-refractivity contribution >= 4 is 6.03 Å². The Hall–Kier alpha value is -2.38. The van der Waals surface area contributed by atoms with Gasteiger partial charge in [-0.25, -0.2) is 9.78 Å². The lowest BCUT2D eigenvalue weighted by atomic mass is 10.1. The van der Waals surface area contributed by atoms with E-state index in [1.807, 2.05) is 31.1 Å². The number of rotatable bonds is 8. The van der Waals surface area contributed by atoms with Crippen LogP contribution in [0.5, 0.6) is 0 Å². The number of carbonyl (C=O) groups excluding carboxylic acids is 1. The minimum absolute atomic E-state index is 0.0434. The van der Waals surface area contributed by atoms with Crippen molar-refractivity contribution < 1.29 is 9.53 Å². The first-order chi connectivity index (χ1) is 14.0. The Morgan fingerprint density at radius 1 is 1.24 bits per heavy atom. The van der Waals surface area contributed by atoms with Crippen molar-refractivity contribution in [3.63, 3.8) is 0 Å². The van der Waals surface area contributed by atoms with Gasteiger partial charge in [-0.05, 0) is 26.3 Å². The predicted molar refractivity (Wildman–Crippen MR) is 114 cm³/mol. The Balaban J connectivity index is 1.67. The van der Waals surface area contributed by atoms with E-state index in [1.54, 1.807) is 0 Å². The third-order valence-electron chi connectivity index (χ3n) is 5.10. The SMILES string of the molecule is Cc1ccc(Cn2ccnc2CN(CCN2CCOCC2)C(=O)NC(C)C)cc1. The summed E-state index contributed by atoms with van der Waals surface area (Å²) >= 11 is 0. The first-order valence-electron chi connectivity index (χ1n) is 10.4. The lowest BCUT2D eigenvalue weighted by molar-refractivity contribution is 0.0345. The fraction of sp³-hybridized carbons (Fsp3) is 0.545. The lowest BCUT2D eigenvalue weighted by Crippen LogP contribution is -2.47. The number of nitrogens with zero attached hydrogens (tertiary/aromatic N) is 4. The maximum absolute atomic E-state index is 12.8. The number of nitrogens with one attached hydrogen (secondary N) is 1. The average Bonchev–Trinajstić information content (AvgIpc) is 3.13. The van der Waals surface area contributed by atoms with Crippen molar-refractivity contribution in [2.24, 2.45) is 0 Å². The molecule has 2 heterocycles. The fourth-order valence-electron chi connectivity index (χ4n) is 3.37. The Bertz CT molecular complexity index is 766. The fourth-order valence-corrected chi connectivity index (χ4v) is 3.37. The molecule has 1 aliphatic rings. The van der Waals surface area contributed by atoms with E-state index in [4.69, 9.17) is 4.74 Å². The first-order valence-corrected chi connectivity index (χ1v) is 10.4. The Morgan fingerprint density at radius 2 is 1.97 bits per heavy atom. The summed E-state index contributed by atoms with van der Waals surface area (Å²) in [5.74, 6) is 0.895. The molecule has 29 heavy (non-hydrogen) atoms. The summed E-state index contributed by atoms with van der Waals surface area (Å²) in [6, 6.07) is 8.58. The number of hydrogen-bond donors (Lipinski definition) is 1. The van der Waals surface area contributed by atoms with E-state index in [-0.39, 0.29) is 12.1 Å². The van der Waals surface area contributed by atoms with Crippen LogP contribution in [-0.2, 0) is 17.8 Å². The minimum atomic E-state index is -0.0434. The van der Waals surface area contributed by atoms with Gasteiger partial charge in [0.1, 0.15) is 5.82 Å². The quantitative estimate of drug-likeness (QED) is 0.741. The smallest absolute Gasteiger partial charge is 0.318 e. The van der Waals surface area contributed by atoms with Gasteiger partial charge in [-0.15, -0.1) is 0 Å². The van der Waals surface area contributed by atoms with Crippen molar-refractivity contribution in [2.75, 3.05) is 39.4 Å². The topological polar surface area (TPSA) is 62.6 Å². The zero-order valence-corrected chi connectivity index (χ0v) is 17.8. The number of aromatic nitrogens is 2. The largest absolute Gasteiger partial charge is 0.379 e. The van der Waals surface area contributed by atoms with E-state index in [1.165, 1.54) is 11.1 Å². The van der Waals surface area contributed by atoms with Gasteiger partial charge in [0, 0.05) is 51.2 Å². The Morgan fingerprint density at radius 3 is 2.66 bits per heavy atom. The first kappa shape index (κ1) is 21.3. The van der Waals surface area contributed by atoms with Gasteiger partial charge in [0.25, 0.3) is 0 Å². The minimum Gasteiger partial charge on any atom is -0.379 e. The van der Waals surface area contributed by atoms with Gasteiger partial charge in [-0.3, -0.25) is 4.90 Å². The molecule has 158 valence electrons. The van der Waals surface area contributed by atoms with E-state index in [9.17, 15) is 4.79 Å². The number of ether oxygens (including phenoxy) is 1. The van der Waals surface area contributed by atoms with Gasteiger partial charge >= 0.3 is 6.03 Å². The van der Waals surface area contributed by atoms with Gasteiger partial charge in [-0.1, -0.05) is 29.8 Å². The summed E-state index contributed by atoms with van der Waals surface area (Å²) in [6.45, 7) is 12.2. The zero-order chi connectivity index (χ0) is 20.6. The number of urea groups is 1. The second-order valence-electron chi connectivity index (χ2n) is 7.94. The summed E-state index contributed by atoms with van der Waals surface area (Å²) in [4.78, 5) is 21.5. The molecule has 2 amide bonds. The molecule has 0 bridgehead atoms. The second-order valence-corrected chi connectivity index (χ2v) is 7.94. The third kappa shape index (κ3) is 6.58. The number of hydrogen-bond acceptors (Lipinski definition) is 4. The normalized spacial score (nSPS) is 14.9. The average molecular weight is 400 g/mol. The van der Waals surface area contributed by atoms with E-state index < -0.39 is 0 Å². The Labute approximate surface area is 173 Å². The molecule has 2 aromatic rings. The van der Waals surface area contributed by atoms with Crippen molar-refractivity contribution in [2.45, 2.75) is 39.9 Å². The molecular weight excluding hydrogens is 366 g/mol. The molecule has 1 saturated heterocycles. The number of morpholine rings is 1. The molecule has 0 aliphatic carbocycles. The molecule has 1 aromatic heterocycles. The summed E-state index contributed by atoms with van der Waals surface area (Å²) in [7, 11) is 0. The van der Waals surface area contributed by atoms with Crippen LogP contribution in [-0.4, -0.2) is 70.8 Å². The predicted octanol–water partition coefficient (Wildman–Crippen LogP) is 2.49. The van der Waals surface area contributed by atoms with Crippen LogP contribution < -0.4 is 5.32 Å². The van der Waals surface area contributed by atoms with E-state index in [2.05, 4.69) is 51.0 Å². The van der Waals surface area contributed by atoms with Gasteiger partial charge in [-0.2, -0.15) is 0 Å². The molecule has 1 aromatic carbocycles. The van der Waals surface area contributed by atoms with Gasteiger partial charge in [0.05, 0.1) is 19.8 Å². The highest BCUT2D eigenvalue weighted by Gasteiger charge is 2.19. The molecule has 0 unspecified atom stereocenters. The van der Waals surface area contributed by atoms with Crippen LogP contribution in [0.4, 0.5) is 4.79 Å². The lowest BCUT2D eigenvalue weighted by Gasteiger charge is -2.30. The van der Waals surface area contributed by atoms with Crippen molar-refractivity contribution in [1.82, 2.24) is 24.7 Å². The maximum Gasteiger partial charge on any atom is 0.318 e. The summed E-state index contributed by atoms with van der Waals surface area (Å²) in [5.41, 5.74) is 2.47. The highest BCUT2D eigenvalue weighted by atomic mass is 16.5. The molecule has 1 aliphatic heterocycles. The summed E-state index contributed by atoms with van der Waals surface area (Å²) in [5, 5.41) is 3.03. The van der Waals surface area contributed by atoms with Crippen molar-refractivity contribution in [3.05, 3.63) is 53.6 Å². The molecule has 1 N–H and O–H groups in total. The zero-order valence-electron chi connectivity index (χ0n) is 17.8. The number of amides is 2. The number of benzene rings is 1. The monoisotopic (exact) mass is 399 g/mol. The molecule has 7 heteroatoms. The molecule has 1 fully saturated rings. The highest BCUT2D eigenvalue weighted by Crippen LogP contribution is 2.10. The third-order valence-corrected chi connectivity index (χ3v) is 5.10. The van der Waals surface area contributed by atoms with Gasteiger partial charge in [0.2, 0.25) is 0 Å². The van der Waals surface area contributed by atoms with Crippen molar-refractivity contribution in [3.8, 4) is 0 Å². The molecule has 0 spiro atoms. The maximum atomic E-state index is 12.8. The summed E-state index contributed by atoms with van der Waals surface area (Å²) in [6.07, 6.45) is 3.79. The van der Waals surface area contributed by atoms with Crippen LogP contribution >= 0.6 is 0 Å². The Kier molecular flexibility index (Phi) is 7.66. The van der Waals surface area contributed by atoms with Gasteiger partial charge < -0.3 is 19.5 Å². The molecule has 0 atom stereocenters. The molecule has 7 nitrogen and oxygen atoms in total. The molecule has 0 radical (unpaired) electrons. The standard InChI is InChI=1S/C22H33N5O2/c1-18(2)24-22(28)27(11-10-25-12-14-29-15-13-25)17-21-23-8-9-26(21)16-20-6-4-19(3)5-7-20/h4-9,18H,10-17H2,1-3H3,(H,24,28). The highest BCUT2D eigenvalue weighted by molar-refractivity contribution is 5.74. The molecule has 3 rings (SSSR count). The number of carbonyl (C=O) groups is 1. The number of aryl methyl sites for hydroxylation is 1. The van der Waals surface area contributed by atoms with E-state index in [0.29, 0.717) is 13.1 Å². The van der Waals surface area contributed by atoms with Crippen LogP contribution in [0.1, 0.15) is 30.8 Å². The van der Waals surface area contributed by atoms with Crippen LogP contribution in [0, 0.1) is 6.92 Å². The van der Waals surface area contributed by atoms with Crippen LogP contribution in [0.25, 0.3) is 0 Å². The summed E-state index contributed by atoms with van der Waals surface area (Å²) < 4.78 is 7.54. The van der Waals surface area contributed by atoms with Gasteiger partial charge in [0.15, 0.2) is 0 Å². The molecular formula is C22H33N5O2. The van der Waals surface area contributed by atoms with Crippen molar-refractivity contribution in [1.29, 1.82) is 0 Å². The van der Waals surface area contributed by atoms with Crippen LogP contribution in [0.2, 0.25) is 0 Å². The second kappa shape index (κ2) is 10.4. The van der Waals surface area contributed by atoms with Crippen LogP contribution in [0.3, 0.4) is 0 Å². The van der Waals surface area contributed by atoms with Crippen LogP contribution in [0.15, 0.2) is 36.7 Å². The van der Waals surface area contributed by atoms with E-state index in [0.717, 1.165) is 45.2 Å².